The second-order valence-electron chi connectivity index (χ2n) is 9.01. The van der Waals surface area contributed by atoms with Gasteiger partial charge in [0, 0.05) is 11.3 Å². The molecule has 0 radical (unpaired) electrons. The zero-order chi connectivity index (χ0) is 27.5. The van der Waals surface area contributed by atoms with Crippen molar-refractivity contribution >= 4 is 35.1 Å². The van der Waals surface area contributed by atoms with Crippen LogP contribution in [0, 0.1) is 12.7 Å². The van der Waals surface area contributed by atoms with Gasteiger partial charge in [-0.05, 0) is 43.7 Å². The van der Waals surface area contributed by atoms with E-state index in [1.54, 1.807) is 54.1 Å². The van der Waals surface area contributed by atoms with Gasteiger partial charge in [-0.3, -0.25) is 9.59 Å². The number of halogens is 1. The van der Waals surface area contributed by atoms with Crippen LogP contribution < -0.4 is 15.4 Å². The highest BCUT2D eigenvalue weighted by atomic mass is 32.2. The van der Waals surface area contributed by atoms with E-state index in [9.17, 15) is 14.0 Å². The van der Waals surface area contributed by atoms with Crippen molar-refractivity contribution < 1.29 is 18.7 Å². The first kappa shape index (κ1) is 26.2. The van der Waals surface area contributed by atoms with Gasteiger partial charge in [-0.15, -0.1) is 5.10 Å². The number of methoxy groups -OCH3 is 1. The Bertz CT molecular complexity index is 1560. The molecule has 1 aliphatic rings. The summed E-state index contributed by atoms with van der Waals surface area (Å²) in [5.41, 5.74) is 3.82. The van der Waals surface area contributed by atoms with Crippen molar-refractivity contribution in [2.24, 2.45) is 0 Å². The number of allylic oxidation sites excluding steroid dienone is 1. The van der Waals surface area contributed by atoms with Crippen LogP contribution in [0.1, 0.15) is 34.5 Å². The minimum Gasteiger partial charge on any atom is -0.495 e. The topological polar surface area (TPSA) is 98.1 Å². The molecule has 0 saturated carbocycles. The van der Waals surface area contributed by atoms with Crippen LogP contribution in [0.3, 0.4) is 0 Å². The summed E-state index contributed by atoms with van der Waals surface area (Å²) in [6.07, 6.45) is 0. The number of Topliss-reactive ketones (excluding diaryl/α,β-unsaturated/α-hetero) is 1. The molecule has 1 amide bonds. The van der Waals surface area contributed by atoms with E-state index >= 15 is 0 Å². The van der Waals surface area contributed by atoms with Gasteiger partial charge in [0.1, 0.15) is 17.6 Å². The Morgan fingerprint density at radius 3 is 2.49 bits per heavy atom. The normalized spacial score (nSPS) is 14.4. The average molecular weight is 544 g/mol. The molecule has 1 aliphatic heterocycles. The lowest BCUT2D eigenvalue weighted by Crippen LogP contribution is -2.31. The van der Waals surface area contributed by atoms with Crippen LogP contribution in [-0.4, -0.2) is 39.3 Å². The Balaban J connectivity index is 1.45. The van der Waals surface area contributed by atoms with E-state index in [0.29, 0.717) is 44.9 Å². The number of ketones is 1. The average Bonchev–Trinajstić information content (AvgIpc) is 3.34. The maximum atomic E-state index is 13.8. The number of carbonyl (C=O) groups excluding carboxylic acids is 2. The summed E-state index contributed by atoms with van der Waals surface area (Å²) in [7, 11) is 1.53. The first-order valence-corrected chi connectivity index (χ1v) is 13.2. The molecule has 2 heterocycles. The van der Waals surface area contributed by atoms with E-state index in [1.807, 2.05) is 25.1 Å². The highest BCUT2D eigenvalue weighted by Crippen LogP contribution is 2.37. The van der Waals surface area contributed by atoms with Crippen molar-refractivity contribution in [1.29, 1.82) is 0 Å². The smallest absolute Gasteiger partial charge is 0.255 e. The summed E-state index contributed by atoms with van der Waals surface area (Å²) in [5, 5.41) is 11.1. The van der Waals surface area contributed by atoms with Crippen molar-refractivity contribution in [3.63, 3.8) is 0 Å². The zero-order valence-corrected chi connectivity index (χ0v) is 22.4. The third-order valence-electron chi connectivity index (χ3n) is 6.32. The number of aromatic nitrogens is 3. The lowest BCUT2D eigenvalue weighted by atomic mass is 9.95. The zero-order valence-electron chi connectivity index (χ0n) is 21.6. The Labute approximate surface area is 229 Å². The van der Waals surface area contributed by atoms with Crippen LogP contribution in [-0.2, 0) is 4.79 Å². The van der Waals surface area contributed by atoms with Crippen LogP contribution >= 0.6 is 11.8 Å². The molecule has 4 aromatic rings. The number of para-hydroxylation sites is 2. The number of hydrogen-bond acceptors (Lipinski definition) is 7. The Morgan fingerprint density at radius 2 is 1.77 bits per heavy atom. The number of fused-ring (bicyclic) bond motifs is 1. The van der Waals surface area contributed by atoms with E-state index in [4.69, 9.17) is 4.74 Å². The maximum Gasteiger partial charge on any atom is 0.255 e. The highest BCUT2D eigenvalue weighted by molar-refractivity contribution is 7.99. The van der Waals surface area contributed by atoms with E-state index < -0.39 is 11.9 Å². The molecule has 0 unspecified atom stereocenters. The number of hydrogen-bond donors (Lipinski definition) is 2. The van der Waals surface area contributed by atoms with Crippen LogP contribution in [0.15, 0.2) is 89.2 Å². The Morgan fingerprint density at radius 1 is 1.05 bits per heavy atom. The van der Waals surface area contributed by atoms with Gasteiger partial charge in [0.25, 0.3) is 5.91 Å². The van der Waals surface area contributed by atoms with Gasteiger partial charge in [-0.25, -0.2) is 9.07 Å². The fourth-order valence-corrected chi connectivity index (χ4v) is 5.05. The lowest BCUT2D eigenvalue weighted by molar-refractivity contribution is -0.113. The summed E-state index contributed by atoms with van der Waals surface area (Å²) in [5.74, 6) is 0.288. The van der Waals surface area contributed by atoms with Crippen LogP contribution in [0.5, 0.6) is 5.75 Å². The number of nitrogens with zero attached hydrogens (tertiary/aromatic N) is 3. The quantitative estimate of drug-likeness (QED) is 0.219. The number of rotatable bonds is 8. The van der Waals surface area contributed by atoms with Gasteiger partial charge in [0.2, 0.25) is 11.1 Å². The van der Waals surface area contributed by atoms with E-state index in [2.05, 4.69) is 20.7 Å². The maximum absolute atomic E-state index is 13.8. The minimum atomic E-state index is -0.689. The summed E-state index contributed by atoms with van der Waals surface area (Å²) in [4.78, 5) is 30.9. The van der Waals surface area contributed by atoms with Crippen molar-refractivity contribution in [3.05, 3.63) is 107 Å². The second-order valence-corrected chi connectivity index (χ2v) is 9.96. The second kappa shape index (κ2) is 11.1. The fourth-order valence-electron chi connectivity index (χ4n) is 4.33. The molecule has 3 aromatic carbocycles. The number of ether oxygens (including phenoxy) is 1. The molecule has 0 aliphatic carbocycles. The third kappa shape index (κ3) is 5.56. The molecular formula is C29H26FN5O3S. The molecule has 0 spiro atoms. The summed E-state index contributed by atoms with van der Waals surface area (Å²) < 4.78 is 20.8. The first-order valence-electron chi connectivity index (χ1n) is 12.2. The molecular weight excluding hydrogens is 517 g/mol. The van der Waals surface area contributed by atoms with Crippen molar-refractivity contribution in [3.8, 4) is 5.75 Å². The molecule has 0 fully saturated rings. The van der Waals surface area contributed by atoms with Crippen LogP contribution in [0.2, 0.25) is 0 Å². The van der Waals surface area contributed by atoms with Gasteiger partial charge < -0.3 is 15.4 Å². The molecule has 1 atom stereocenters. The molecule has 39 heavy (non-hydrogen) atoms. The van der Waals surface area contributed by atoms with Gasteiger partial charge >= 0.3 is 0 Å². The summed E-state index contributed by atoms with van der Waals surface area (Å²) in [6, 6.07) is 19.7. The molecule has 8 nitrogen and oxygen atoms in total. The number of benzene rings is 3. The molecule has 198 valence electrons. The van der Waals surface area contributed by atoms with Crippen LogP contribution in [0.4, 0.5) is 16.0 Å². The van der Waals surface area contributed by atoms with E-state index in [1.165, 1.54) is 31.0 Å². The van der Waals surface area contributed by atoms with Crippen LogP contribution in [0.25, 0.3) is 0 Å². The lowest BCUT2D eigenvalue weighted by Gasteiger charge is -2.28. The van der Waals surface area contributed by atoms with Crippen molar-refractivity contribution in [2.45, 2.75) is 25.0 Å². The molecule has 2 N–H and O–H groups in total. The molecule has 0 bridgehead atoms. The van der Waals surface area contributed by atoms with Gasteiger partial charge in [-0.2, -0.15) is 4.98 Å². The van der Waals surface area contributed by atoms with Crippen molar-refractivity contribution in [2.75, 3.05) is 23.5 Å². The summed E-state index contributed by atoms with van der Waals surface area (Å²) in [6.45, 7) is 3.74. The molecule has 0 saturated heterocycles. The number of carbonyl (C=O) groups is 2. The number of nitrogens with one attached hydrogen (secondary N) is 2. The Kier molecular flexibility index (Phi) is 7.47. The number of amides is 1. The largest absolute Gasteiger partial charge is 0.495 e. The van der Waals surface area contributed by atoms with Gasteiger partial charge in [0.15, 0.2) is 5.78 Å². The van der Waals surface area contributed by atoms with Crippen molar-refractivity contribution in [1.82, 2.24) is 14.8 Å². The first-order chi connectivity index (χ1) is 18.8. The molecule has 5 rings (SSSR count). The SMILES string of the molecule is COc1ccccc1NC(=O)C1=C(C)Nc2nc(SCC(=O)c3ccc(C)cc3)nn2[C@H]1c1ccc(F)cc1. The predicted molar refractivity (Wildman–Crippen MR) is 149 cm³/mol. The fraction of sp³-hybridized carbons (Fsp3) is 0.172. The number of thioether (sulfide) groups is 1. The number of aryl methyl sites for hydroxylation is 1. The minimum absolute atomic E-state index is 0.0398. The predicted octanol–water partition coefficient (Wildman–Crippen LogP) is 5.64. The third-order valence-corrected chi connectivity index (χ3v) is 7.16. The van der Waals surface area contributed by atoms with Gasteiger partial charge in [-0.1, -0.05) is 65.9 Å². The monoisotopic (exact) mass is 543 g/mol. The van der Waals surface area contributed by atoms with E-state index in [-0.39, 0.29) is 17.4 Å². The van der Waals surface area contributed by atoms with E-state index in [0.717, 1.165) is 5.56 Å². The standard InChI is InChI=1S/C29H26FN5O3S/c1-17-8-10-19(11-9-17)23(36)16-39-29-33-28-31-18(2)25(27(37)32-22-6-4-5-7-24(22)38-3)26(35(28)34-29)20-12-14-21(30)15-13-20/h4-15,26H,16H2,1-3H3,(H,32,37)(H,31,33,34)/t26-/m0/s1. The molecule has 1 aromatic heterocycles. The Hall–Kier alpha value is -4.44. The highest BCUT2D eigenvalue weighted by Gasteiger charge is 2.34. The summed E-state index contributed by atoms with van der Waals surface area (Å²) >= 11 is 1.21. The van der Waals surface area contributed by atoms with Gasteiger partial charge in [0.05, 0.1) is 24.1 Å². The molecule has 10 heteroatoms. The number of anilines is 2.